The Hall–Kier alpha value is -2.40. The fourth-order valence-corrected chi connectivity index (χ4v) is 4.48. The number of anilines is 1. The lowest BCUT2D eigenvalue weighted by molar-refractivity contribution is 0.0983. The Morgan fingerprint density at radius 2 is 1.70 bits per heavy atom. The Bertz CT molecular complexity index is 989. The molecule has 0 spiro atoms. The predicted octanol–water partition coefficient (Wildman–Crippen LogP) is 4.38. The zero-order valence-electron chi connectivity index (χ0n) is 16.1. The molecule has 27 heavy (non-hydrogen) atoms. The van der Waals surface area contributed by atoms with Gasteiger partial charge in [0.2, 0.25) is 0 Å². The van der Waals surface area contributed by atoms with Gasteiger partial charge in [0.1, 0.15) is 0 Å². The van der Waals surface area contributed by atoms with Gasteiger partial charge in [-0.15, -0.1) is 0 Å². The molecule has 0 aliphatic carbocycles. The molecule has 4 nitrogen and oxygen atoms in total. The quantitative estimate of drug-likeness (QED) is 0.787. The summed E-state index contributed by atoms with van der Waals surface area (Å²) in [5, 5.41) is 1.21. The van der Waals surface area contributed by atoms with E-state index in [0.29, 0.717) is 17.2 Å². The Balaban J connectivity index is 2.03. The van der Waals surface area contributed by atoms with Crippen molar-refractivity contribution < 1.29 is 13.2 Å². The van der Waals surface area contributed by atoms with Gasteiger partial charge in [0, 0.05) is 16.7 Å². The molecule has 1 heterocycles. The van der Waals surface area contributed by atoms with Gasteiger partial charge in [-0.3, -0.25) is 4.79 Å². The molecule has 3 rings (SSSR count). The van der Waals surface area contributed by atoms with Gasteiger partial charge in [0.25, 0.3) is 5.91 Å². The Morgan fingerprint density at radius 3 is 2.22 bits per heavy atom. The van der Waals surface area contributed by atoms with Crippen LogP contribution < -0.4 is 4.90 Å². The number of amides is 1. The second-order valence-electron chi connectivity index (χ2n) is 7.45. The van der Waals surface area contributed by atoms with Crippen LogP contribution in [0.3, 0.4) is 0 Å². The number of benzene rings is 2. The molecule has 0 unspecified atom stereocenters. The van der Waals surface area contributed by atoms with Gasteiger partial charge in [-0.25, -0.2) is 8.42 Å². The molecule has 1 amide bonds. The topological polar surface area (TPSA) is 54.5 Å². The van der Waals surface area contributed by atoms with Crippen LogP contribution in [0.4, 0.5) is 5.69 Å². The van der Waals surface area contributed by atoms with E-state index in [4.69, 9.17) is 0 Å². The molecule has 0 saturated heterocycles. The Morgan fingerprint density at radius 1 is 1.04 bits per heavy atom. The van der Waals surface area contributed by atoms with E-state index in [1.54, 1.807) is 17.0 Å². The van der Waals surface area contributed by atoms with Gasteiger partial charge in [-0.05, 0) is 66.8 Å². The fourth-order valence-electron chi connectivity index (χ4n) is 3.21. The number of hydrogen-bond donors (Lipinski definition) is 0. The molecule has 0 fully saturated rings. The van der Waals surface area contributed by atoms with Gasteiger partial charge < -0.3 is 4.90 Å². The number of nitrogens with zero attached hydrogens (tertiary/aromatic N) is 1. The summed E-state index contributed by atoms with van der Waals surface area (Å²) in [6.45, 7) is 8.19. The number of aryl methyl sites for hydroxylation is 2. The number of rotatable bonds is 4. The highest BCUT2D eigenvalue weighted by molar-refractivity contribution is 7.94. The van der Waals surface area contributed by atoms with Crippen LogP contribution in [0, 0.1) is 13.8 Å². The van der Waals surface area contributed by atoms with Crippen LogP contribution in [0.15, 0.2) is 53.9 Å². The lowest BCUT2D eigenvalue weighted by Gasteiger charge is -2.28. The zero-order chi connectivity index (χ0) is 19.8. The van der Waals surface area contributed by atoms with Gasteiger partial charge in [-0.1, -0.05) is 32.0 Å². The maximum Gasteiger partial charge on any atom is 0.258 e. The van der Waals surface area contributed by atoms with Crippen LogP contribution in [-0.4, -0.2) is 26.1 Å². The molecular formula is C22H25NO3S. The van der Waals surface area contributed by atoms with Crippen molar-refractivity contribution in [2.24, 2.45) is 0 Å². The average molecular weight is 384 g/mol. The van der Waals surface area contributed by atoms with E-state index in [0.717, 1.165) is 11.1 Å². The average Bonchev–Trinajstić information content (AvgIpc) is 2.97. The van der Waals surface area contributed by atoms with Gasteiger partial charge in [0.15, 0.2) is 9.84 Å². The molecule has 5 heteroatoms. The molecular weight excluding hydrogens is 358 g/mol. The van der Waals surface area contributed by atoms with Crippen LogP contribution >= 0.6 is 0 Å². The molecule has 142 valence electrons. The summed E-state index contributed by atoms with van der Waals surface area (Å²) < 4.78 is 23.9. The summed E-state index contributed by atoms with van der Waals surface area (Å²) in [5.74, 6) is 0.104. The molecule has 2 aromatic rings. The molecule has 1 atom stereocenters. The first-order valence-electron chi connectivity index (χ1n) is 9.09. The third-order valence-corrected chi connectivity index (χ3v) is 6.43. The van der Waals surface area contributed by atoms with E-state index >= 15 is 0 Å². The summed E-state index contributed by atoms with van der Waals surface area (Å²) in [6, 6.07) is 12.9. The van der Waals surface area contributed by atoms with Gasteiger partial charge in [-0.2, -0.15) is 0 Å². The highest BCUT2D eigenvalue weighted by Crippen LogP contribution is 2.27. The maximum atomic E-state index is 13.3. The maximum absolute atomic E-state index is 13.3. The summed E-state index contributed by atoms with van der Waals surface area (Å²) in [6.07, 6.45) is 1.60. The minimum atomic E-state index is -3.28. The minimum absolute atomic E-state index is 0.0878. The standard InChI is InChI=1S/C22H25NO3S/c1-15(2)18-7-9-20(10-8-18)23(21-11-12-27(25,26)14-21)22(24)19-6-5-16(3)17(4)13-19/h5-13,15,21H,14H2,1-4H3/t21-/m1/s1. The summed E-state index contributed by atoms with van der Waals surface area (Å²) >= 11 is 0. The number of hydrogen-bond acceptors (Lipinski definition) is 3. The molecule has 0 bridgehead atoms. The molecule has 0 aromatic heterocycles. The zero-order valence-corrected chi connectivity index (χ0v) is 17.0. The third-order valence-electron chi connectivity index (χ3n) is 5.05. The Kier molecular flexibility index (Phi) is 5.24. The van der Waals surface area contributed by atoms with Crippen molar-refractivity contribution in [1.29, 1.82) is 0 Å². The van der Waals surface area contributed by atoms with Crippen molar-refractivity contribution in [2.75, 3.05) is 10.7 Å². The van der Waals surface area contributed by atoms with Crippen molar-refractivity contribution >= 4 is 21.4 Å². The number of sulfone groups is 1. The fraction of sp³-hybridized carbons (Fsp3) is 0.318. The second kappa shape index (κ2) is 7.31. The summed E-state index contributed by atoms with van der Waals surface area (Å²) in [7, 11) is -3.28. The summed E-state index contributed by atoms with van der Waals surface area (Å²) in [4.78, 5) is 14.9. The van der Waals surface area contributed by atoms with Crippen LogP contribution in [-0.2, 0) is 9.84 Å². The molecule has 2 aromatic carbocycles. The minimum Gasteiger partial charge on any atom is -0.300 e. The van der Waals surface area contributed by atoms with E-state index in [9.17, 15) is 13.2 Å². The first-order valence-corrected chi connectivity index (χ1v) is 10.8. The third kappa shape index (κ3) is 4.14. The lowest BCUT2D eigenvalue weighted by Crippen LogP contribution is -2.41. The molecule has 0 radical (unpaired) electrons. The van der Waals surface area contributed by atoms with Crippen molar-refractivity contribution in [3.05, 3.63) is 76.2 Å². The normalized spacial score (nSPS) is 18.0. The first-order chi connectivity index (χ1) is 12.7. The first kappa shape index (κ1) is 19.4. The molecule has 1 aliphatic heterocycles. The lowest BCUT2D eigenvalue weighted by atomic mass is 10.0. The van der Waals surface area contributed by atoms with Crippen molar-refractivity contribution in [3.63, 3.8) is 0 Å². The van der Waals surface area contributed by atoms with Crippen molar-refractivity contribution in [3.8, 4) is 0 Å². The predicted molar refractivity (Wildman–Crippen MR) is 110 cm³/mol. The van der Waals surface area contributed by atoms with Crippen LogP contribution in [0.2, 0.25) is 0 Å². The SMILES string of the molecule is Cc1ccc(C(=O)N(c2ccc(C(C)C)cc2)[C@@H]2C=CS(=O)(=O)C2)cc1C. The van der Waals surface area contributed by atoms with Crippen LogP contribution in [0.1, 0.15) is 46.8 Å². The second-order valence-corrected chi connectivity index (χ2v) is 9.38. The highest BCUT2D eigenvalue weighted by atomic mass is 32.2. The summed E-state index contributed by atoms with van der Waals surface area (Å²) in [5.41, 5.74) is 4.58. The highest BCUT2D eigenvalue weighted by Gasteiger charge is 2.32. The van der Waals surface area contributed by atoms with Crippen LogP contribution in [0.25, 0.3) is 0 Å². The van der Waals surface area contributed by atoms with E-state index in [-0.39, 0.29) is 11.7 Å². The smallest absolute Gasteiger partial charge is 0.258 e. The number of carbonyl (C=O) groups excluding carboxylic acids is 1. The Labute approximate surface area is 161 Å². The van der Waals surface area contributed by atoms with E-state index in [2.05, 4.69) is 13.8 Å². The number of carbonyl (C=O) groups is 1. The monoisotopic (exact) mass is 383 g/mol. The molecule has 0 saturated carbocycles. The van der Waals surface area contributed by atoms with Crippen LogP contribution in [0.5, 0.6) is 0 Å². The van der Waals surface area contributed by atoms with E-state index in [1.807, 2.05) is 50.2 Å². The van der Waals surface area contributed by atoms with Crippen molar-refractivity contribution in [2.45, 2.75) is 39.7 Å². The van der Waals surface area contributed by atoms with Gasteiger partial charge in [0.05, 0.1) is 11.8 Å². The largest absolute Gasteiger partial charge is 0.300 e. The van der Waals surface area contributed by atoms with Gasteiger partial charge >= 0.3 is 0 Å². The van der Waals surface area contributed by atoms with Crippen molar-refractivity contribution in [1.82, 2.24) is 0 Å². The molecule has 1 aliphatic rings. The molecule has 0 N–H and O–H groups in total. The van der Waals surface area contributed by atoms with E-state index in [1.165, 1.54) is 11.0 Å². The van der Waals surface area contributed by atoms with E-state index < -0.39 is 15.9 Å².